The number of nitrogens with zero attached hydrogens (tertiary/aromatic N) is 2. The van der Waals surface area contributed by atoms with Crippen molar-refractivity contribution in [3.8, 4) is 0 Å². The highest BCUT2D eigenvalue weighted by Gasteiger charge is 2.45. The van der Waals surface area contributed by atoms with E-state index in [1.807, 2.05) is 31.9 Å². The molecule has 1 aromatic heterocycles. The molecule has 1 atom stereocenters. The predicted molar refractivity (Wildman–Crippen MR) is 101 cm³/mol. The molecule has 1 amide bonds. The second-order valence-electron chi connectivity index (χ2n) is 7.87. The quantitative estimate of drug-likeness (QED) is 0.845. The molecule has 1 spiro atoms. The van der Waals surface area contributed by atoms with Gasteiger partial charge in [0.1, 0.15) is 5.82 Å². The summed E-state index contributed by atoms with van der Waals surface area (Å²) in [4.78, 5) is 34.3. The molecule has 0 radical (unpaired) electrons. The van der Waals surface area contributed by atoms with Crippen LogP contribution < -0.4 is 11.3 Å². The summed E-state index contributed by atoms with van der Waals surface area (Å²) in [7, 11) is 0. The molecule has 2 aliphatic rings. The third-order valence-corrected chi connectivity index (χ3v) is 7.37. The molecular weight excluding hydrogens is 336 g/mol. The minimum atomic E-state index is -0.504. The zero-order chi connectivity index (χ0) is 18.4. The van der Waals surface area contributed by atoms with Crippen LogP contribution in [0.3, 0.4) is 0 Å². The SMILES string of the molecule is CSC(C)(C)[C@H](N)C(=O)N1CCC2(CCc3c2nc(C)[nH]c3=O)CC1. The molecule has 0 saturated carbocycles. The molecule has 0 unspecified atom stereocenters. The van der Waals surface area contributed by atoms with Crippen LogP contribution in [-0.2, 0) is 16.6 Å². The summed E-state index contributed by atoms with van der Waals surface area (Å²) < 4.78 is -0.280. The third-order valence-electron chi connectivity index (χ3n) is 6.06. The highest BCUT2D eigenvalue weighted by Crippen LogP contribution is 2.44. The molecule has 6 nitrogen and oxygen atoms in total. The lowest BCUT2D eigenvalue weighted by Gasteiger charge is -2.41. The summed E-state index contributed by atoms with van der Waals surface area (Å²) in [5.74, 6) is 0.703. The second kappa shape index (κ2) is 6.43. The van der Waals surface area contributed by atoms with Crippen molar-refractivity contribution in [2.45, 2.75) is 62.7 Å². The van der Waals surface area contributed by atoms with Crippen LogP contribution in [-0.4, -0.2) is 50.9 Å². The number of nitrogens with two attached hydrogens (primary N) is 1. The van der Waals surface area contributed by atoms with Gasteiger partial charge in [-0.05, 0) is 52.7 Å². The Kier molecular flexibility index (Phi) is 4.75. The third kappa shape index (κ3) is 3.12. The van der Waals surface area contributed by atoms with Crippen LogP contribution in [0, 0.1) is 6.92 Å². The van der Waals surface area contributed by atoms with E-state index in [0.29, 0.717) is 18.9 Å². The standard InChI is InChI=1S/C18H28N4O2S/c1-11-20-14-12(15(23)21-11)5-6-18(14)7-9-22(10-8-18)16(24)13(19)17(2,3)25-4/h13H,5-10,19H2,1-4H3,(H,20,21,23)/t13-/m1/s1. The number of fused-ring (bicyclic) bond motifs is 2. The lowest BCUT2D eigenvalue weighted by molar-refractivity contribution is -0.134. The van der Waals surface area contributed by atoms with Gasteiger partial charge in [0.2, 0.25) is 5.91 Å². The Bertz CT molecular complexity index is 735. The summed E-state index contributed by atoms with van der Waals surface area (Å²) in [5.41, 5.74) is 7.98. The van der Waals surface area contributed by atoms with Gasteiger partial charge < -0.3 is 15.6 Å². The zero-order valence-electron chi connectivity index (χ0n) is 15.5. The first-order valence-electron chi connectivity index (χ1n) is 8.90. The van der Waals surface area contributed by atoms with Crippen molar-refractivity contribution < 1.29 is 4.79 Å². The van der Waals surface area contributed by atoms with Crippen LogP contribution in [0.15, 0.2) is 4.79 Å². The number of hydrogen-bond donors (Lipinski definition) is 2. The molecule has 3 N–H and O–H groups in total. The number of carbonyl (C=O) groups is 1. The number of aryl methyl sites for hydroxylation is 1. The molecule has 7 heteroatoms. The summed E-state index contributed by atoms with van der Waals surface area (Å²) in [6.07, 6.45) is 5.43. The highest BCUT2D eigenvalue weighted by molar-refractivity contribution is 8.00. The predicted octanol–water partition coefficient (Wildman–Crippen LogP) is 1.35. The number of thioether (sulfide) groups is 1. The van der Waals surface area contributed by atoms with Gasteiger partial charge >= 0.3 is 0 Å². The lowest BCUT2D eigenvalue weighted by Crippen LogP contribution is -2.56. The van der Waals surface area contributed by atoms with Crippen LogP contribution in [0.25, 0.3) is 0 Å². The summed E-state index contributed by atoms with van der Waals surface area (Å²) in [6.45, 7) is 7.22. The number of nitrogens with one attached hydrogen (secondary N) is 1. The normalized spacial score (nSPS) is 20.6. The van der Waals surface area contributed by atoms with Crippen molar-refractivity contribution in [1.82, 2.24) is 14.9 Å². The van der Waals surface area contributed by atoms with E-state index in [4.69, 9.17) is 5.73 Å². The van der Waals surface area contributed by atoms with Gasteiger partial charge in [0.15, 0.2) is 0 Å². The molecule has 1 aromatic rings. The molecule has 25 heavy (non-hydrogen) atoms. The number of aromatic nitrogens is 2. The molecule has 0 aromatic carbocycles. The second-order valence-corrected chi connectivity index (χ2v) is 9.33. The van der Waals surface area contributed by atoms with E-state index in [9.17, 15) is 9.59 Å². The van der Waals surface area contributed by atoms with Crippen molar-refractivity contribution in [2.24, 2.45) is 5.73 Å². The van der Waals surface area contributed by atoms with Gasteiger partial charge in [-0.1, -0.05) is 0 Å². The van der Waals surface area contributed by atoms with Gasteiger partial charge in [0.05, 0.1) is 11.7 Å². The molecule has 1 aliphatic heterocycles. The first kappa shape index (κ1) is 18.5. The topological polar surface area (TPSA) is 92.1 Å². The number of aromatic amines is 1. The van der Waals surface area contributed by atoms with E-state index < -0.39 is 6.04 Å². The van der Waals surface area contributed by atoms with Crippen LogP contribution in [0.1, 0.15) is 50.2 Å². The molecule has 3 rings (SSSR count). The molecule has 2 heterocycles. The van der Waals surface area contributed by atoms with Gasteiger partial charge in [-0.15, -0.1) is 0 Å². The number of H-pyrrole nitrogens is 1. The molecule has 138 valence electrons. The van der Waals surface area contributed by atoms with Gasteiger partial charge in [-0.3, -0.25) is 9.59 Å². The Morgan fingerprint density at radius 1 is 1.36 bits per heavy atom. The van der Waals surface area contributed by atoms with Gasteiger partial charge in [0, 0.05) is 28.8 Å². The summed E-state index contributed by atoms with van der Waals surface area (Å²) in [5, 5.41) is 0. The fraction of sp³-hybridized carbons (Fsp3) is 0.722. The van der Waals surface area contributed by atoms with E-state index >= 15 is 0 Å². The number of piperidine rings is 1. The Morgan fingerprint density at radius 2 is 2.00 bits per heavy atom. The van der Waals surface area contributed by atoms with E-state index in [-0.39, 0.29) is 21.6 Å². The minimum Gasteiger partial charge on any atom is -0.341 e. The molecule has 1 saturated heterocycles. The maximum absolute atomic E-state index is 12.8. The fourth-order valence-corrected chi connectivity index (χ4v) is 4.38. The summed E-state index contributed by atoms with van der Waals surface area (Å²) in [6, 6.07) is -0.504. The Hall–Kier alpha value is -1.34. The molecule has 0 bridgehead atoms. The number of hydrogen-bond acceptors (Lipinski definition) is 5. The molecular formula is C18H28N4O2S. The number of rotatable bonds is 3. The van der Waals surface area contributed by atoms with Crippen LogP contribution in [0.5, 0.6) is 0 Å². The smallest absolute Gasteiger partial charge is 0.254 e. The zero-order valence-corrected chi connectivity index (χ0v) is 16.3. The molecule has 1 fully saturated rings. The highest BCUT2D eigenvalue weighted by atomic mass is 32.2. The lowest BCUT2D eigenvalue weighted by atomic mass is 9.76. The Balaban J connectivity index is 1.76. The Morgan fingerprint density at radius 3 is 2.60 bits per heavy atom. The van der Waals surface area contributed by atoms with E-state index in [2.05, 4.69) is 9.97 Å². The fourth-order valence-electron chi connectivity index (χ4n) is 4.03. The average Bonchev–Trinajstić information content (AvgIpc) is 2.93. The molecule has 1 aliphatic carbocycles. The van der Waals surface area contributed by atoms with Gasteiger partial charge in [-0.2, -0.15) is 11.8 Å². The number of likely N-dealkylation sites (tertiary alicyclic amines) is 1. The van der Waals surface area contributed by atoms with Crippen molar-refractivity contribution in [2.75, 3.05) is 19.3 Å². The monoisotopic (exact) mass is 364 g/mol. The van der Waals surface area contributed by atoms with E-state index in [1.54, 1.807) is 11.8 Å². The first-order valence-corrected chi connectivity index (χ1v) is 10.1. The average molecular weight is 365 g/mol. The van der Waals surface area contributed by atoms with E-state index in [0.717, 1.165) is 36.9 Å². The van der Waals surface area contributed by atoms with Crippen molar-refractivity contribution in [1.29, 1.82) is 0 Å². The van der Waals surface area contributed by atoms with Crippen LogP contribution in [0.4, 0.5) is 0 Å². The van der Waals surface area contributed by atoms with Crippen LogP contribution >= 0.6 is 11.8 Å². The van der Waals surface area contributed by atoms with Gasteiger partial charge in [0.25, 0.3) is 5.56 Å². The maximum atomic E-state index is 12.8. The van der Waals surface area contributed by atoms with E-state index in [1.165, 1.54) is 0 Å². The van der Waals surface area contributed by atoms with Crippen molar-refractivity contribution in [3.63, 3.8) is 0 Å². The first-order chi connectivity index (χ1) is 11.7. The van der Waals surface area contributed by atoms with Crippen molar-refractivity contribution in [3.05, 3.63) is 27.4 Å². The summed E-state index contributed by atoms with van der Waals surface area (Å²) >= 11 is 1.62. The van der Waals surface area contributed by atoms with Crippen molar-refractivity contribution >= 4 is 17.7 Å². The number of amides is 1. The largest absolute Gasteiger partial charge is 0.341 e. The maximum Gasteiger partial charge on any atom is 0.254 e. The minimum absolute atomic E-state index is 0.00150. The van der Waals surface area contributed by atoms with Crippen LogP contribution in [0.2, 0.25) is 0 Å². The van der Waals surface area contributed by atoms with Gasteiger partial charge in [-0.25, -0.2) is 4.98 Å². The number of carbonyl (C=O) groups excluding carboxylic acids is 1. The Labute approximate surface area is 153 Å².